The van der Waals surface area contributed by atoms with Gasteiger partial charge in [0.2, 0.25) is 5.91 Å². The Labute approximate surface area is 157 Å². The summed E-state index contributed by atoms with van der Waals surface area (Å²) in [6.07, 6.45) is 3.63. The van der Waals surface area contributed by atoms with Crippen LogP contribution in [0.3, 0.4) is 0 Å². The molecule has 1 fully saturated rings. The van der Waals surface area contributed by atoms with Gasteiger partial charge in [-0.3, -0.25) is 4.79 Å². The van der Waals surface area contributed by atoms with Gasteiger partial charge in [-0.05, 0) is 24.1 Å². The van der Waals surface area contributed by atoms with E-state index in [-0.39, 0.29) is 5.91 Å². The molecule has 0 saturated carbocycles. The third kappa shape index (κ3) is 4.23. The summed E-state index contributed by atoms with van der Waals surface area (Å²) in [5, 5.41) is 0.671. The number of methoxy groups -OCH3 is 1. The van der Waals surface area contributed by atoms with Crippen LogP contribution >= 0.6 is 11.6 Å². The van der Waals surface area contributed by atoms with Gasteiger partial charge in [0.1, 0.15) is 6.33 Å². The van der Waals surface area contributed by atoms with E-state index in [1.165, 1.54) is 6.33 Å². The predicted molar refractivity (Wildman–Crippen MR) is 101 cm³/mol. The first kappa shape index (κ1) is 18.4. The molecular weight excluding hydrogens is 354 g/mol. The molecule has 1 aliphatic heterocycles. The van der Waals surface area contributed by atoms with Gasteiger partial charge in [0, 0.05) is 31.2 Å². The Morgan fingerprint density at radius 3 is 2.62 bits per heavy atom. The lowest BCUT2D eigenvalue weighted by atomic mass is 10.1. The van der Waals surface area contributed by atoms with E-state index in [9.17, 15) is 4.79 Å². The summed E-state index contributed by atoms with van der Waals surface area (Å²) in [7, 11) is 1.59. The Hall–Kier alpha value is -2.38. The number of hydrogen-bond donors (Lipinski definition) is 1. The van der Waals surface area contributed by atoms with Gasteiger partial charge in [-0.2, -0.15) is 0 Å². The largest absolute Gasteiger partial charge is 0.491 e. The van der Waals surface area contributed by atoms with Gasteiger partial charge in [-0.1, -0.05) is 23.7 Å². The molecule has 3 rings (SSSR count). The molecule has 7 nitrogen and oxygen atoms in total. The third-order valence-electron chi connectivity index (χ3n) is 4.46. The van der Waals surface area contributed by atoms with Crippen molar-refractivity contribution in [3.63, 3.8) is 0 Å². The van der Waals surface area contributed by atoms with Crippen molar-refractivity contribution in [2.45, 2.75) is 12.5 Å². The van der Waals surface area contributed by atoms with Gasteiger partial charge in [0.25, 0.3) is 0 Å². The van der Waals surface area contributed by atoms with E-state index < -0.39 is 6.04 Å². The van der Waals surface area contributed by atoms with Crippen molar-refractivity contribution in [2.24, 2.45) is 5.73 Å². The maximum absolute atomic E-state index is 12.6. The number of nitrogens with two attached hydrogens (primary N) is 1. The minimum absolute atomic E-state index is 0.0331. The number of ether oxygens (including phenoxy) is 1. The number of benzene rings is 1. The van der Waals surface area contributed by atoms with Crippen molar-refractivity contribution < 1.29 is 9.53 Å². The first-order valence-electron chi connectivity index (χ1n) is 8.46. The van der Waals surface area contributed by atoms with Crippen molar-refractivity contribution in [1.29, 1.82) is 0 Å². The molecule has 8 heteroatoms. The van der Waals surface area contributed by atoms with Crippen molar-refractivity contribution in [1.82, 2.24) is 14.9 Å². The highest BCUT2D eigenvalue weighted by molar-refractivity contribution is 6.30. The second-order valence-corrected chi connectivity index (χ2v) is 6.60. The summed E-state index contributed by atoms with van der Waals surface area (Å²) in [4.78, 5) is 24.8. The molecule has 0 unspecified atom stereocenters. The van der Waals surface area contributed by atoms with Crippen LogP contribution in [0.4, 0.5) is 5.82 Å². The Balaban J connectivity index is 1.57. The molecule has 138 valence electrons. The fourth-order valence-corrected chi connectivity index (χ4v) is 3.15. The predicted octanol–water partition coefficient (Wildman–Crippen LogP) is 1.36. The molecule has 0 bridgehead atoms. The zero-order chi connectivity index (χ0) is 18.5. The molecule has 1 atom stereocenters. The number of amides is 1. The average Bonchev–Trinajstić information content (AvgIpc) is 2.69. The Kier molecular flexibility index (Phi) is 5.90. The number of anilines is 1. The van der Waals surface area contributed by atoms with Crippen molar-refractivity contribution in [2.75, 3.05) is 38.2 Å². The maximum Gasteiger partial charge on any atom is 0.239 e. The van der Waals surface area contributed by atoms with E-state index in [1.54, 1.807) is 13.3 Å². The van der Waals surface area contributed by atoms with Crippen LogP contribution in [0.25, 0.3) is 0 Å². The van der Waals surface area contributed by atoms with E-state index in [1.807, 2.05) is 29.2 Å². The Morgan fingerprint density at radius 1 is 1.27 bits per heavy atom. The summed E-state index contributed by atoms with van der Waals surface area (Å²) in [5.41, 5.74) is 7.13. The van der Waals surface area contributed by atoms with Gasteiger partial charge >= 0.3 is 0 Å². The van der Waals surface area contributed by atoms with Crippen LogP contribution in [0, 0.1) is 0 Å². The van der Waals surface area contributed by atoms with Crippen LogP contribution in [-0.4, -0.2) is 60.1 Å². The number of halogens is 1. The molecule has 0 spiro atoms. The zero-order valence-electron chi connectivity index (χ0n) is 14.6. The van der Waals surface area contributed by atoms with Crippen molar-refractivity contribution in [3.05, 3.63) is 47.4 Å². The van der Waals surface area contributed by atoms with E-state index in [2.05, 4.69) is 14.9 Å². The summed E-state index contributed by atoms with van der Waals surface area (Å²) < 4.78 is 5.31. The lowest BCUT2D eigenvalue weighted by molar-refractivity contribution is -0.132. The molecule has 0 radical (unpaired) electrons. The number of rotatable bonds is 5. The fourth-order valence-electron chi connectivity index (χ4n) is 3.03. The zero-order valence-corrected chi connectivity index (χ0v) is 15.4. The first-order chi connectivity index (χ1) is 12.6. The Bertz CT molecular complexity index is 748. The number of aromatic nitrogens is 2. The molecule has 1 aromatic carbocycles. The average molecular weight is 376 g/mol. The molecule has 1 saturated heterocycles. The first-order valence-corrected chi connectivity index (χ1v) is 8.84. The lowest BCUT2D eigenvalue weighted by Gasteiger charge is -2.36. The van der Waals surface area contributed by atoms with Gasteiger partial charge in [0.05, 0.1) is 19.3 Å². The van der Waals surface area contributed by atoms with Crippen LogP contribution in [0.1, 0.15) is 5.56 Å². The van der Waals surface area contributed by atoms with Gasteiger partial charge in [-0.25, -0.2) is 9.97 Å². The van der Waals surface area contributed by atoms with Crippen molar-refractivity contribution >= 4 is 23.3 Å². The number of piperazine rings is 1. The molecule has 1 aromatic heterocycles. The monoisotopic (exact) mass is 375 g/mol. The van der Waals surface area contributed by atoms with Gasteiger partial charge < -0.3 is 20.3 Å². The minimum atomic E-state index is -0.559. The maximum atomic E-state index is 12.6. The topological polar surface area (TPSA) is 84.6 Å². The molecule has 2 N–H and O–H groups in total. The number of nitrogens with zero attached hydrogens (tertiary/aromatic N) is 4. The minimum Gasteiger partial charge on any atom is -0.491 e. The van der Waals surface area contributed by atoms with Crippen LogP contribution in [0.5, 0.6) is 5.75 Å². The summed E-state index contributed by atoms with van der Waals surface area (Å²) >= 11 is 5.89. The highest BCUT2D eigenvalue weighted by Gasteiger charge is 2.27. The van der Waals surface area contributed by atoms with E-state index in [4.69, 9.17) is 22.1 Å². The van der Waals surface area contributed by atoms with Crippen LogP contribution in [0.15, 0.2) is 36.8 Å². The molecule has 1 amide bonds. The van der Waals surface area contributed by atoms with Crippen LogP contribution in [0.2, 0.25) is 5.02 Å². The summed E-state index contributed by atoms with van der Waals surface area (Å²) in [5.74, 6) is 1.35. The number of carbonyl (C=O) groups is 1. The van der Waals surface area contributed by atoms with Crippen LogP contribution in [-0.2, 0) is 11.2 Å². The van der Waals surface area contributed by atoms with E-state index in [0.29, 0.717) is 43.4 Å². The third-order valence-corrected chi connectivity index (χ3v) is 4.71. The number of hydrogen-bond acceptors (Lipinski definition) is 6. The second-order valence-electron chi connectivity index (χ2n) is 6.16. The molecule has 26 heavy (non-hydrogen) atoms. The molecule has 1 aliphatic rings. The number of carbonyl (C=O) groups excluding carboxylic acids is 1. The van der Waals surface area contributed by atoms with Gasteiger partial charge in [0.15, 0.2) is 11.6 Å². The molecule has 2 heterocycles. The molecular formula is C18H22ClN5O2. The summed E-state index contributed by atoms with van der Waals surface area (Å²) in [6, 6.07) is 6.85. The SMILES string of the molecule is COc1cncnc1N1CCN(C(=O)[C@H](N)Cc2ccc(Cl)cc2)CC1. The quantitative estimate of drug-likeness (QED) is 0.849. The lowest BCUT2D eigenvalue weighted by Crippen LogP contribution is -2.53. The summed E-state index contributed by atoms with van der Waals surface area (Å²) in [6.45, 7) is 2.54. The highest BCUT2D eigenvalue weighted by Crippen LogP contribution is 2.24. The smallest absolute Gasteiger partial charge is 0.239 e. The van der Waals surface area contributed by atoms with Gasteiger partial charge in [-0.15, -0.1) is 0 Å². The normalized spacial score (nSPS) is 15.7. The second kappa shape index (κ2) is 8.33. The molecule has 0 aliphatic carbocycles. The van der Waals surface area contributed by atoms with E-state index in [0.717, 1.165) is 11.4 Å². The van der Waals surface area contributed by atoms with Crippen LogP contribution < -0.4 is 15.4 Å². The highest BCUT2D eigenvalue weighted by atomic mass is 35.5. The molecule has 2 aromatic rings. The standard InChI is InChI=1S/C18H22ClN5O2/c1-26-16-11-21-12-22-17(16)23-6-8-24(9-7-23)18(25)15(20)10-13-2-4-14(19)5-3-13/h2-5,11-12,15H,6-10,20H2,1H3/t15-/m1/s1. The van der Waals surface area contributed by atoms with E-state index >= 15 is 0 Å². The fraction of sp³-hybridized carbons (Fsp3) is 0.389. The van der Waals surface area contributed by atoms with Crippen molar-refractivity contribution in [3.8, 4) is 5.75 Å². The Morgan fingerprint density at radius 2 is 1.96 bits per heavy atom.